The molecule has 0 saturated heterocycles. The van der Waals surface area contributed by atoms with Crippen molar-refractivity contribution in [1.82, 2.24) is 5.32 Å². The molecule has 0 saturated carbocycles. The Labute approximate surface area is 302 Å². The molecule has 288 valence electrons. The number of likely N-dealkylation sites (N-methyl/N-ethyl adjacent to an activating group) is 1. The van der Waals surface area contributed by atoms with E-state index >= 15 is 0 Å². The zero-order chi connectivity index (χ0) is 36.5. The van der Waals surface area contributed by atoms with E-state index in [0.29, 0.717) is 17.4 Å². The number of quaternary nitrogens is 1. The molecule has 0 heterocycles. The summed E-state index contributed by atoms with van der Waals surface area (Å²) in [6.07, 6.45) is 38.1. The number of aliphatic hydroxyl groups excluding tert-OH is 1. The highest BCUT2D eigenvalue weighted by atomic mass is 31.2. The van der Waals surface area contributed by atoms with Crippen LogP contribution in [0.1, 0.15) is 162 Å². The molecule has 0 aliphatic heterocycles. The van der Waals surface area contributed by atoms with E-state index in [9.17, 15) is 19.4 Å². The summed E-state index contributed by atoms with van der Waals surface area (Å²) in [6.45, 7) is 4.70. The Hall–Kier alpha value is -1.28. The van der Waals surface area contributed by atoms with Crippen molar-refractivity contribution in [3.05, 3.63) is 36.5 Å². The summed E-state index contributed by atoms with van der Waals surface area (Å²) < 4.78 is 23.3. The Morgan fingerprint density at radius 3 is 1.69 bits per heavy atom. The Morgan fingerprint density at radius 2 is 1.16 bits per heavy atom. The summed E-state index contributed by atoms with van der Waals surface area (Å²) in [5.41, 5.74) is 0. The molecule has 3 atom stereocenters. The first-order valence-electron chi connectivity index (χ1n) is 19.9. The minimum Gasteiger partial charge on any atom is -0.387 e. The summed E-state index contributed by atoms with van der Waals surface area (Å²) in [5.74, 6) is -0.189. The van der Waals surface area contributed by atoms with Gasteiger partial charge in [-0.05, 0) is 51.4 Å². The Morgan fingerprint density at radius 1 is 0.694 bits per heavy atom. The molecule has 9 heteroatoms. The molecule has 49 heavy (non-hydrogen) atoms. The fraction of sp³-hybridized carbons (Fsp3) is 0.825. The van der Waals surface area contributed by atoms with Crippen molar-refractivity contribution in [2.75, 3.05) is 40.9 Å². The van der Waals surface area contributed by atoms with E-state index in [-0.39, 0.29) is 19.1 Å². The third-order valence-electron chi connectivity index (χ3n) is 8.60. The third-order valence-corrected chi connectivity index (χ3v) is 9.59. The molecule has 0 radical (unpaired) electrons. The van der Waals surface area contributed by atoms with Gasteiger partial charge >= 0.3 is 7.82 Å². The van der Waals surface area contributed by atoms with Gasteiger partial charge in [-0.15, -0.1) is 0 Å². The van der Waals surface area contributed by atoms with Gasteiger partial charge in [0.2, 0.25) is 5.91 Å². The molecule has 0 aliphatic rings. The topological polar surface area (TPSA) is 105 Å². The number of nitrogens with one attached hydrogen (secondary N) is 1. The molecule has 0 aromatic rings. The maximum absolute atomic E-state index is 12.7. The Bertz CT molecular complexity index is 902. The lowest BCUT2D eigenvalue weighted by atomic mass is 10.1. The van der Waals surface area contributed by atoms with Crippen molar-refractivity contribution < 1.29 is 32.9 Å². The number of rotatable bonds is 35. The summed E-state index contributed by atoms with van der Waals surface area (Å²) in [5, 5.41) is 13.6. The van der Waals surface area contributed by atoms with Crippen molar-refractivity contribution in [1.29, 1.82) is 0 Å². The zero-order valence-corrected chi connectivity index (χ0v) is 33.3. The monoisotopic (exact) mass is 714 g/mol. The smallest absolute Gasteiger partial charge is 0.387 e. The van der Waals surface area contributed by atoms with Crippen LogP contribution in [0.4, 0.5) is 0 Å². The zero-order valence-electron chi connectivity index (χ0n) is 32.4. The first-order valence-corrected chi connectivity index (χ1v) is 21.4. The predicted molar refractivity (Wildman–Crippen MR) is 208 cm³/mol. The van der Waals surface area contributed by atoms with Gasteiger partial charge in [-0.1, -0.05) is 140 Å². The van der Waals surface area contributed by atoms with Crippen LogP contribution in [-0.2, 0) is 18.4 Å². The second kappa shape index (κ2) is 32.6. The number of carbonyl (C=O) groups excluding carboxylic acids is 1. The minimum atomic E-state index is -4.32. The van der Waals surface area contributed by atoms with E-state index < -0.39 is 20.0 Å². The number of hydrogen-bond donors (Lipinski definition) is 3. The van der Waals surface area contributed by atoms with Gasteiger partial charge in [0.1, 0.15) is 13.2 Å². The summed E-state index contributed by atoms with van der Waals surface area (Å²) in [6, 6.07) is -0.843. The van der Waals surface area contributed by atoms with Gasteiger partial charge < -0.3 is 19.8 Å². The maximum atomic E-state index is 12.7. The molecular weight excluding hydrogens is 635 g/mol. The van der Waals surface area contributed by atoms with Crippen LogP contribution in [-0.4, -0.2) is 73.4 Å². The van der Waals surface area contributed by atoms with Crippen LogP contribution >= 0.6 is 7.82 Å². The molecule has 0 fully saturated rings. The van der Waals surface area contributed by atoms with E-state index in [1.165, 1.54) is 89.9 Å². The van der Waals surface area contributed by atoms with Crippen molar-refractivity contribution in [2.24, 2.45) is 0 Å². The quantitative estimate of drug-likeness (QED) is 0.0261. The maximum Gasteiger partial charge on any atom is 0.472 e. The van der Waals surface area contributed by atoms with Crippen LogP contribution in [0.3, 0.4) is 0 Å². The molecule has 1 amide bonds. The normalized spacial score (nSPS) is 15.0. The number of hydrogen-bond acceptors (Lipinski definition) is 5. The highest BCUT2D eigenvalue weighted by Crippen LogP contribution is 2.43. The largest absolute Gasteiger partial charge is 0.472 e. The fourth-order valence-electron chi connectivity index (χ4n) is 5.36. The number of aliphatic hydroxyl groups is 1. The van der Waals surface area contributed by atoms with Crippen LogP contribution < -0.4 is 5.32 Å². The lowest BCUT2D eigenvalue weighted by Crippen LogP contribution is -2.45. The van der Waals surface area contributed by atoms with Crippen molar-refractivity contribution in [3.63, 3.8) is 0 Å². The summed E-state index contributed by atoms with van der Waals surface area (Å²) in [7, 11) is 1.56. The van der Waals surface area contributed by atoms with Crippen LogP contribution in [0.25, 0.3) is 0 Å². The van der Waals surface area contributed by atoms with Gasteiger partial charge in [0.05, 0.1) is 39.9 Å². The molecule has 3 unspecified atom stereocenters. The molecule has 0 aliphatic carbocycles. The summed E-state index contributed by atoms with van der Waals surface area (Å²) in [4.78, 5) is 22.9. The molecule has 0 bridgehead atoms. The molecular formula is C40H78N2O6P+. The first kappa shape index (κ1) is 47.7. The van der Waals surface area contributed by atoms with E-state index in [2.05, 4.69) is 43.5 Å². The number of unbranched alkanes of at least 4 members (excludes halogenated alkanes) is 18. The van der Waals surface area contributed by atoms with Crippen LogP contribution in [0, 0.1) is 0 Å². The van der Waals surface area contributed by atoms with Crippen LogP contribution in [0.5, 0.6) is 0 Å². The standard InChI is InChI=1S/C40H77N2O6P/c1-6-8-10-12-14-15-16-17-18-19-20-21-22-23-24-25-26-27-28-30-32-34-40(44)41-38(39(43)33-31-29-13-11-9-7-2)37-48-49(45,46)47-36-35-42(3,4)5/h16-17,19-20,31,33,38-39,43H,6-15,18,21-30,32,34-37H2,1-5H3,(H-,41,44,45,46)/p+1/b17-16-,20-19-,33-31+. The highest BCUT2D eigenvalue weighted by molar-refractivity contribution is 7.47. The molecule has 0 aromatic heterocycles. The number of allylic oxidation sites excluding steroid dienone is 5. The molecule has 0 spiro atoms. The average molecular weight is 714 g/mol. The van der Waals surface area contributed by atoms with E-state index in [1.807, 2.05) is 27.2 Å². The molecule has 0 aromatic carbocycles. The van der Waals surface area contributed by atoms with Gasteiger partial charge in [-0.25, -0.2) is 4.57 Å². The van der Waals surface area contributed by atoms with E-state index in [1.54, 1.807) is 6.08 Å². The van der Waals surface area contributed by atoms with Crippen molar-refractivity contribution in [3.8, 4) is 0 Å². The second-order valence-corrected chi connectivity index (χ2v) is 16.1. The average Bonchev–Trinajstić information content (AvgIpc) is 3.04. The number of nitrogens with zero attached hydrogens (tertiary/aromatic N) is 1. The van der Waals surface area contributed by atoms with Gasteiger partial charge in [0, 0.05) is 6.42 Å². The lowest BCUT2D eigenvalue weighted by Gasteiger charge is -2.25. The number of phosphoric ester groups is 1. The Kier molecular flexibility index (Phi) is 31.8. The van der Waals surface area contributed by atoms with Crippen molar-refractivity contribution >= 4 is 13.7 Å². The van der Waals surface area contributed by atoms with Gasteiger partial charge in [0.25, 0.3) is 0 Å². The third kappa shape index (κ3) is 34.9. The Balaban J connectivity index is 4.22. The number of carbonyl (C=O) groups is 1. The molecule has 8 nitrogen and oxygen atoms in total. The van der Waals surface area contributed by atoms with Gasteiger partial charge in [-0.2, -0.15) is 0 Å². The van der Waals surface area contributed by atoms with Gasteiger partial charge in [0.15, 0.2) is 0 Å². The highest BCUT2D eigenvalue weighted by Gasteiger charge is 2.27. The van der Waals surface area contributed by atoms with E-state index in [4.69, 9.17) is 9.05 Å². The van der Waals surface area contributed by atoms with E-state index in [0.717, 1.165) is 51.4 Å². The lowest BCUT2D eigenvalue weighted by molar-refractivity contribution is -0.870. The number of amides is 1. The predicted octanol–water partition coefficient (Wildman–Crippen LogP) is 10.4. The van der Waals surface area contributed by atoms with Crippen molar-refractivity contribution in [2.45, 2.75) is 174 Å². The van der Waals surface area contributed by atoms with Crippen LogP contribution in [0.15, 0.2) is 36.5 Å². The molecule has 3 N–H and O–H groups in total. The second-order valence-electron chi connectivity index (χ2n) is 14.7. The fourth-order valence-corrected chi connectivity index (χ4v) is 6.10. The number of phosphoric acid groups is 1. The molecule has 0 rings (SSSR count). The van der Waals surface area contributed by atoms with Crippen LogP contribution in [0.2, 0.25) is 0 Å². The first-order chi connectivity index (χ1) is 23.5. The summed E-state index contributed by atoms with van der Waals surface area (Å²) >= 11 is 0. The minimum absolute atomic E-state index is 0.0593. The SMILES string of the molecule is CCCCCC/C=C/C(O)C(COP(=O)(O)OCC[N+](C)(C)C)NC(=O)CCCCCCCCCCC/C=C\C/C=C\CCCCCCC. The van der Waals surface area contributed by atoms with Gasteiger partial charge in [-0.3, -0.25) is 13.8 Å².